The summed E-state index contributed by atoms with van der Waals surface area (Å²) in [5.41, 5.74) is 1.43. The quantitative estimate of drug-likeness (QED) is 0.258. The number of carbonyl (C=O) groups excluding carboxylic acids is 2. The Morgan fingerprint density at radius 2 is 1.68 bits per heavy atom. The van der Waals surface area contributed by atoms with Crippen LogP contribution in [0.4, 0.5) is 0 Å². The first-order valence-electron chi connectivity index (χ1n) is 13.5. The highest BCUT2D eigenvalue weighted by molar-refractivity contribution is 6.74. The fourth-order valence-corrected chi connectivity index (χ4v) is 8.97. The van der Waals surface area contributed by atoms with Crippen LogP contribution < -0.4 is 0 Å². The molecule has 6 heteroatoms. The summed E-state index contributed by atoms with van der Waals surface area (Å²) in [5.74, 6) is 1.44. The van der Waals surface area contributed by atoms with Crippen molar-refractivity contribution in [3.8, 4) is 0 Å². The van der Waals surface area contributed by atoms with Crippen molar-refractivity contribution >= 4 is 20.3 Å². The van der Waals surface area contributed by atoms with Crippen molar-refractivity contribution in [3.05, 3.63) is 11.6 Å². The predicted molar refractivity (Wildman–Crippen MR) is 136 cm³/mol. The second-order valence-corrected chi connectivity index (χ2v) is 18.0. The van der Waals surface area contributed by atoms with Crippen LogP contribution in [0.1, 0.15) is 86.5 Å². The van der Waals surface area contributed by atoms with Crippen molar-refractivity contribution in [1.82, 2.24) is 0 Å². The third kappa shape index (κ3) is 4.66. The Bertz CT molecular complexity index is 842. The van der Waals surface area contributed by atoms with Crippen LogP contribution in [0.15, 0.2) is 11.6 Å². The number of carbonyl (C=O) groups is 2. The number of rotatable bonds is 4. The lowest BCUT2D eigenvalue weighted by molar-refractivity contribution is -0.162. The third-order valence-corrected chi connectivity index (χ3v) is 14.7. The van der Waals surface area contributed by atoms with E-state index in [0.717, 1.165) is 44.9 Å². The van der Waals surface area contributed by atoms with Gasteiger partial charge in [0.1, 0.15) is 12.2 Å². The molecule has 0 radical (unpaired) electrons. The summed E-state index contributed by atoms with van der Waals surface area (Å²) in [6.45, 7) is 16.9. The van der Waals surface area contributed by atoms with E-state index in [9.17, 15) is 9.59 Å². The molecule has 0 amide bonds. The second-order valence-electron chi connectivity index (χ2n) is 13.3. The number of hydrogen-bond acceptors (Lipinski definition) is 5. The number of esters is 2. The fraction of sp³-hybridized carbons (Fsp3) is 0.857. The molecule has 0 aromatic heterocycles. The van der Waals surface area contributed by atoms with E-state index < -0.39 is 8.32 Å². The van der Waals surface area contributed by atoms with E-state index in [1.807, 2.05) is 0 Å². The summed E-state index contributed by atoms with van der Waals surface area (Å²) in [4.78, 5) is 23.9. The van der Waals surface area contributed by atoms with Gasteiger partial charge in [-0.05, 0) is 86.9 Å². The SMILES string of the molecule is CC(=O)OC1C=C2CC(O[Si](C)(C)C(C)(C)C)CCC2C2CCC3(C)C(OC(C)=O)CCC3C12. The molecule has 3 fully saturated rings. The van der Waals surface area contributed by atoms with Crippen molar-refractivity contribution in [3.63, 3.8) is 0 Å². The molecule has 4 rings (SSSR count). The second kappa shape index (κ2) is 9.06. The van der Waals surface area contributed by atoms with Crippen molar-refractivity contribution in [2.45, 2.75) is 123 Å². The van der Waals surface area contributed by atoms with Gasteiger partial charge in [0.05, 0.1) is 0 Å². The molecule has 0 aromatic rings. The molecule has 8 atom stereocenters. The maximum absolute atomic E-state index is 12.2. The minimum atomic E-state index is -1.83. The molecule has 0 bridgehead atoms. The van der Waals surface area contributed by atoms with E-state index in [4.69, 9.17) is 13.9 Å². The van der Waals surface area contributed by atoms with Gasteiger partial charge in [0, 0.05) is 31.3 Å². The van der Waals surface area contributed by atoms with E-state index >= 15 is 0 Å². The molecule has 0 spiro atoms. The summed E-state index contributed by atoms with van der Waals surface area (Å²) in [6, 6.07) is 0. The van der Waals surface area contributed by atoms with E-state index in [1.165, 1.54) is 19.4 Å². The molecule has 5 nitrogen and oxygen atoms in total. The Hall–Kier alpha value is -1.14. The van der Waals surface area contributed by atoms with Crippen LogP contribution in [0, 0.1) is 29.1 Å². The highest BCUT2D eigenvalue weighted by Crippen LogP contribution is 2.62. The van der Waals surface area contributed by atoms with Gasteiger partial charge in [-0.25, -0.2) is 0 Å². The molecule has 192 valence electrons. The molecule has 8 unspecified atom stereocenters. The van der Waals surface area contributed by atoms with Gasteiger partial charge >= 0.3 is 11.9 Å². The molecule has 0 heterocycles. The largest absolute Gasteiger partial charge is 0.462 e. The van der Waals surface area contributed by atoms with E-state index in [-0.39, 0.29) is 40.7 Å². The average Bonchev–Trinajstić information content (AvgIpc) is 3.01. The molecule has 0 aromatic carbocycles. The Morgan fingerprint density at radius 1 is 1.00 bits per heavy atom. The molecule has 0 saturated heterocycles. The first-order chi connectivity index (χ1) is 15.7. The van der Waals surface area contributed by atoms with Crippen LogP contribution in [0.3, 0.4) is 0 Å². The highest BCUT2D eigenvalue weighted by atomic mass is 28.4. The molecule has 0 aliphatic heterocycles. The van der Waals surface area contributed by atoms with Crippen molar-refractivity contribution < 1.29 is 23.5 Å². The predicted octanol–water partition coefficient (Wildman–Crippen LogP) is 6.42. The van der Waals surface area contributed by atoms with Gasteiger partial charge in [0.15, 0.2) is 8.32 Å². The summed E-state index contributed by atoms with van der Waals surface area (Å²) < 4.78 is 18.6. The Morgan fingerprint density at radius 3 is 2.29 bits per heavy atom. The lowest BCUT2D eigenvalue weighted by atomic mass is 9.52. The monoisotopic (exact) mass is 490 g/mol. The van der Waals surface area contributed by atoms with Crippen molar-refractivity contribution in [2.24, 2.45) is 29.1 Å². The van der Waals surface area contributed by atoms with Crippen LogP contribution in [-0.4, -0.2) is 38.6 Å². The van der Waals surface area contributed by atoms with Gasteiger partial charge in [0.25, 0.3) is 0 Å². The zero-order chi connectivity index (χ0) is 25.1. The standard InChI is InChI=1S/C28H46O5Si/c1-17(29)31-24-16-19-15-20(33-34(7,8)27(3,4)5)9-10-21(19)22-13-14-28(6)23(26(22)24)11-12-25(28)32-18(2)30/h16,20-26H,9-15H2,1-8H3. The van der Waals surface area contributed by atoms with E-state index in [0.29, 0.717) is 23.7 Å². The smallest absolute Gasteiger partial charge is 0.303 e. The number of ether oxygens (including phenoxy) is 2. The minimum absolute atomic E-state index is 0.0203. The van der Waals surface area contributed by atoms with Gasteiger partial charge in [0.2, 0.25) is 0 Å². The topological polar surface area (TPSA) is 61.8 Å². The summed E-state index contributed by atoms with van der Waals surface area (Å²) in [6.07, 6.45) is 9.78. The van der Waals surface area contributed by atoms with Crippen LogP contribution in [0.5, 0.6) is 0 Å². The molecule has 4 aliphatic rings. The maximum Gasteiger partial charge on any atom is 0.303 e. The maximum atomic E-state index is 12.2. The molecule has 34 heavy (non-hydrogen) atoms. The highest BCUT2D eigenvalue weighted by Gasteiger charge is 2.60. The molecular weight excluding hydrogens is 444 g/mol. The summed E-state index contributed by atoms with van der Waals surface area (Å²) in [5, 5.41) is 0.199. The number of fused-ring (bicyclic) bond motifs is 5. The summed E-state index contributed by atoms with van der Waals surface area (Å²) in [7, 11) is -1.83. The van der Waals surface area contributed by atoms with Crippen molar-refractivity contribution in [1.29, 1.82) is 0 Å². The van der Waals surface area contributed by atoms with Crippen LogP contribution >= 0.6 is 0 Å². The average molecular weight is 491 g/mol. The molecule has 0 N–H and O–H groups in total. The third-order valence-electron chi connectivity index (χ3n) is 10.2. The van der Waals surface area contributed by atoms with Gasteiger partial charge in [-0.2, -0.15) is 0 Å². The number of hydrogen-bond donors (Lipinski definition) is 0. The first-order valence-corrected chi connectivity index (χ1v) is 16.4. The first kappa shape index (κ1) is 25.9. The Kier molecular flexibility index (Phi) is 6.91. The van der Waals surface area contributed by atoms with Gasteiger partial charge < -0.3 is 13.9 Å². The zero-order valence-corrected chi connectivity index (χ0v) is 23.6. The molecular formula is C28H46O5Si. The summed E-state index contributed by atoms with van der Waals surface area (Å²) >= 11 is 0. The van der Waals surface area contributed by atoms with Crippen LogP contribution in [0.2, 0.25) is 18.1 Å². The normalized spacial score (nSPS) is 39.9. The van der Waals surface area contributed by atoms with Crippen LogP contribution in [0.25, 0.3) is 0 Å². The Balaban J connectivity index is 1.59. The minimum Gasteiger partial charge on any atom is -0.462 e. The van der Waals surface area contributed by atoms with Crippen LogP contribution in [-0.2, 0) is 23.5 Å². The fourth-order valence-electron chi connectivity index (χ4n) is 7.58. The van der Waals surface area contributed by atoms with Crippen molar-refractivity contribution in [2.75, 3.05) is 0 Å². The molecule has 3 saturated carbocycles. The van der Waals surface area contributed by atoms with Gasteiger partial charge in [-0.3, -0.25) is 9.59 Å². The van der Waals surface area contributed by atoms with Gasteiger partial charge in [-0.15, -0.1) is 0 Å². The lowest BCUT2D eigenvalue weighted by Crippen LogP contribution is -2.53. The Labute approximate surface area is 207 Å². The zero-order valence-electron chi connectivity index (χ0n) is 22.6. The lowest BCUT2D eigenvalue weighted by Gasteiger charge is -2.55. The van der Waals surface area contributed by atoms with Gasteiger partial charge in [-0.1, -0.05) is 33.3 Å². The molecule has 4 aliphatic carbocycles. The van der Waals surface area contributed by atoms with E-state index in [1.54, 1.807) is 0 Å². The van der Waals surface area contributed by atoms with E-state index in [2.05, 4.69) is 46.9 Å².